The van der Waals surface area contributed by atoms with Crippen LogP contribution in [-0.2, 0) is 0 Å². The van der Waals surface area contributed by atoms with Crippen molar-refractivity contribution in [2.75, 3.05) is 0 Å². The number of hydrogen-bond donors (Lipinski definition) is 0. The van der Waals surface area contributed by atoms with Gasteiger partial charge in [0, 0.05) is 10.8 Å². The van der Waals surface area contributed by atoms with Gasteiger partial charge >= 0.3 is 0 Å². The molecule has 43 heavy (non-hydrogen) atoms. The smallest absolute Gasteiger partial charge is 0.136 e. The summed E-state index contributed by atoms with van der Waals surface area (Å²) in [6, 6.07) is 25.2. The molecule has 0 bridgehead atoms. The minimum atomic E-state index is -0.496. The Kier molecular flexibility index (Phi) is 3.41. The van der Waals surface area contributed by atoms with Crippen LogP contribution in [0.1, 0.15) is 15.1 Å². The van der Waals surface area contributed by atoms with Crippen LogP contribution in [0.25, 0.3) is 87.6 Å². The first-order valence-corrected chi connectivity index (χ1v) is 13.9. The highest BCUT2D eigenvalue weighted by molar-refractivity contribution is 6.21. The number of fused-ring (bicyclic) bond motifs is 6. The fraction of sp³-hybridized carbons (Fsp3) is 0. The minimum absolute atomic E-state index is 0.0169. The zero-order valence-electron chi connectivity index (χ0n) is 33.6. The van der Waals surface area contributed by atoms with Crippen molar-refractivity contribution in [2.45, 2.75) is 0 Å². The van der Waals surface area contributed by atoms with E-state index in [4.69, 9.17) is 19.5 Å². The summed E-state index contributed by atoms with van der Waals surface area (Å²) in [4.78, 5) is 0. The fourth-order valence-electron chi connectivity index (χ4n) is 6.10. The summed E-state index contributed by atoms with van der Waals surface area (Å²) in [6.45, 7) is 0. The Morgan fingerprint density at radius 2 is 0.977 bits per heavy atom. The van der Waals surface area contributed by atoms with Gasteiger partial charge in [0.15, 0.2) is 0 Å². The molecule has 1 nitrogen and oxygen atoms in total. The van der Waals surface area contributed by atoms with Crippen LogP contribution in [0.2, 0.25) is 0 Å². The van der Waals surface area contributed by atoms with Crippen LogP contribution in [0.15, 0.2) is 162 Å². The molecule has 8 aromatic carbocycles. The lowest BCUT2D eigenvalue weighted by Gasteiger charge is -2.18. The molecular weight excluding hydrogens is 520 g/mol. The quantitative estimate of drug-likeness (QED) is 0.197. The number of para-hydroxylation sites is 1. The van der Waals surface area contributed by atoms with E-state index in [1.807, 2.05) is 36.4 Å². The van der Waals surface area contributed by atoms with Gasteiger partial charge in [-0.05, 0) is 89.9 Å². The molecule has 200 valence electrons. The van der Waals surface area contributed by atoms with E-state index in [0.717, 1.165) is 21.9 Å². The van der Waals surface area contributed by atoms with Crippen LogP contribution in [0.4, 0.5) is 0 Å². The second-order valence-corrected chi connectivity index (χ2v) is 10.5. The Balaban J connectivity index is 1.29. The highest BCUT2D eigenvalue weighted by Crippen LogP contribution is 2.44. The van der Waals surface area contributed by atoms with Gasteiger partial charge in [-0.25, -0.2) is 0 Å². The molecular formula is C42H26O. The lowest BCUT2D eigenvalue weighted by molar-refractivity contribution is 0.669. The summed E-state index contributed by atoms with van der Waals surface area (Å²) in [7, 11) is 0. The van der Waals surface area contributed by atoms with Crippen molar-refractivity contribution < 1.29 is 19.5 Å². The van der Waals surface area contributed by atoms with Crippen LogP contribution in [0.3, 0.4) is 0 Å². The van der Waals surface area contributed by atoms with Gasteiger partial charge in [0.05, 0.1) is 15.1 Å². The first kappa shape index (κ1) is 15.5. The van der Waals surface area contributed by atoms with E-state index in [2.05, 4.69) is 6.07 Å². The van der Waals surface area contributed by atoms with Gasteiger partial charge < -0.3 is 4.42 Å². The van der Waals surface area contributed by atoms with Gasteiger partial charge in [-0.2, -0.15) is 0 Å². The molecule has 9 rings (SSSR count). The zero-order chi connectivity index (χ0) is 37.9. The maximum Gasteiger partial charge on any atom is 0.136 e. The van der Waals surface area contributed by atoms with Gasteiger partial charge in [0.1, 0.15) is 11.2 Å². The van der Waals surface area contributed by atoms with E-state index in [9.17, 15) is 0 Å². The Morgan fingerprint density at radius 1 is 0.395 bits per heavy atom. The molecule has 0 saturated heterocycles. The second-order valence-electron chi connectivity index (χ2n) is 10.5. The Morgan fingerprint density at radius 3 is 1.70 bits per heavy atom. The van der Waals surface area contributed by atoms with Crippen molar-refractivity contribution in [3.05, 3.63) is 157 Å². The zero-order valence-corrected chi connectivity index (χ0v) is 22.6. The van der Waals surface area contributed by atoms with E-state index in [0.29, 0.717) is 38.2 Å². The molecule has 0 fully saturated rings. The molecule has 1 aromatic heterocycles. The van der Waals surface area contributed by atoms with Crippen molar-refractivity contribution in [1.82, 2.24) is 0 Å². The number of benzene rings is 8. The summed E-state index contributed by atoms with van der Waals surface area (Å²) in [5, 5.41) is 4.80. The Labute approximate surface area is 264 Å². The maximum atomic E-state index is 9.08. The minimum Gasteiger partial charge on any atom is -0.456 e. The third kappa shape index (κ3) is 3.79. The predicted octanol–water partition coefficient (Wildman–Crippen LogP) is 12.0. The molecule has 0 saturated carbocycles. The van der Waals surface area contributed by atoms with Crippen LogP contribution >= 0.6 is 0 Å². The largest absolute Gasteiger partial charge is 0.456 e. The summed E-state index contributed by atoms with van der Waals surface area (Å²) < 4.78 is 100. The lowest BCUT2D eigenvalue weighted by Crippen LogP contribution is -1.91. The third-order valence-corrected chi connectivity index (χ3v) is 8.08. The van der Waals surface area contributed by atoms with Gasteiger partial charge in [0.25, 0.3) is 0 Å². The number of rotatable bonds is 3. The maximum absolute atomic E-state index is 9.08. The number of furan rings is 1. The molecule has 0 aliphatic rings. The fourth-order valence-corrected chi connectivity index (χ4v) is 6.10. The molecule has 1 heterocycles. The Bertz CT molecular complexity index is 3040. The molecule has 0 radical (unpaired) electrons. The average molecular weight is 558 g/mol. The summed E-state index contributed by atoms with van der Waals surface area (Å²) in [5.41, 5.74) is 3.26. The van der Waals surface area contributed by atoms with Crippen molar-refractivity contribution in [2.24, 2.45) is 0 Å². The molecule has 0 N–H and O–H groups in total. The van der Waals surface area contributed by atoms with Crippen molar-refractivity contribution in [3.8, 4) is 33.4 Å². The van der Waals surface area contributed by atoms with Crippen molar-refractivity contribution in [1.29, 1.82) is 0 Å². The van der Waals surface area contributed by atoms with Crippen molar-refractivity contribution >= 4 is 54.3 Å². The second kappa shape index (κ2) is 9.44. The first-order chi connectivity index (χ1) is 25.8. The lowest BCUT2D eigenvalue weighted by atomic mass is 9.85. The van der Waals surface area contributed by atoms with Crippen LogP contribution in [0, 0.1) is 0 Å². The van der Waals surface area contributed by atoms with Gasteiger partial charge in [0.2, 0.25) is 0 Å². The van der Waals surface area contributed by atoms with E-state index < -0.39 is 24.2 Å². The highest BCUT2D eigenvalue weighted by Gasteiger charge is 2.17. The highest BCUT2D eigenvalue weighted by atomic mass is 16.3. The summed E-state index contributed by atoms with van der Waals surface area (Å²) >= 11 is 0. The molecule has 0 atom stereocenters. The first-order valence-electron chi connectivity index (χ1n) is 19.4. The van der Waals surface area contributed by atoms with Crippen LogP contribution in [-0.4, -0.2) is 0 Å². The summed E-state index contributed by atoms with van der Waals surface area (Å²) in [5.74, 6) is 0. The number of hydrogen-bond acceptors (Lipinski definition) is 1. The van der Waals surface area contributed by atoms with Crippen LogP contribution in [0.5, 0.6) is 0 Å². The van der Waals surface area contributed by atoms with Gasteiger partial charge in [-0.3, -0.25) is 0 Å². The van der Waals surface area contributed by atoms with E-state index in [1.165, 1.54) is 0 Å². The molecule has 0 unspecified atom stereocenters. The molecule has 9 aromatic rings. The molecule has 0 aliphatic heterocycles. The molecule has 0 amide bonds. The Hall–Kier alpha value is -5.66. The third-order valence-electron chi connectivity index (χ3n) is 8.08. The van der Waals surface area contributed by atoms with Gasteiger partial charge in [-0.1, -0.05) is 133 Å². The molecule has 1 heteroatoms. The van der Waals surface area contributed by atoms with E-state index in [-0.39, 0.29) is 69.8 Å². The average Bonchev–Trinajstić information content (AvgIpc) is 3.58. The topological polar surface area (TPSA) is 13.1 Å². The monoisotopic (exact) mass is 557 g/mol. The van der Waals surface area contributed by atoms with E-state index >= 15 is 0 Å². The SMILES string of the molecule is [2H]c1cc2c(-c3ccc(-c4c([2H])c([2H])c5c(oc6c([2H])c([2H])c([2H])c([2H])c65)c4[2H])cc3)c3cc([2H])c([2H])cc3c(-c3ccc4ccccc4c3)c2cc1[2H]. The molecule has 0 aliphatic carbocycles. The van der Waals surface area contributed by atoms with Gasteiger partial charge in [-0.15, -0.1) is 0 Å². The van der Waals surface area contributed by atoms with Crippen molar-refractivity contribution in [3.63, 3.8) is 0 Å². The van der Waals surface area contributed by atoms with E-state index in [1.54, 1.807) is 48.5 Å². The predicted molar refractivity (Wildman–Crippen MR) is 183 cm³/mol. The van der Waals surface area contributed by atoms with Crippen LogP contribution < -0.4 is 0 Å². The molecule has 0 spiro atoms. The summed E-state index contributed by atoms with van der Waals surface area (Å²) in [6.07, 6.45) is 0. The normalized spacial score (nSPS) is 15.3. The standard InChI is InChI=1S/C42H26O/c1-2-10-30-25-32(22-19-27(30)9-1)42-37-14-5-3-12-35(37)41(36-13-4-6-15-38(36)42)29-20-17-28(18-21-29)31-23-24-34-33-11-7-8-16-39(33)43-40(34)26-31/h1-26H/i3D,4D,5D,6D,7D,8D,11D,16D,23D,24D,26D.